The quantitative estimate of drug-likeness (QED) is 0.524. The Labute approximate surface area is 165 Å². The van der Waals surface area contributed by atoms with E-state index in [4.69, 9.17) is 4.74 Å². The van der Waals surface area contributed by atoms with Crippen molar-refractivity contribution in [2.24, 2.45) is 7.05 Å². The Morgan fingerprint density at radius 1 is 1.14 bits per heavy atom. The lowest BCUT2D eigenvalue weighted by Crippen LogP contribution is -2.16. The highest BCUT2D eigenvalue weighted by atomic mass is 19.1. The number of rotatable bonds is 4. The van der Waals surface area contributed by atoms with E-state index in [9.17, 15) is 8.78 Å². The number of hydrogen-bond acceptors (Lipinski definition) is 6. The largest absolute Gasteiger partial charge is 0.469 e. The van der Waals surface area contributed by atoms with Crippen molar-refractivity contribution < 1.29 is 13.5 Å². The molecule has 0 N–H and O–H groups in total. The predicted molar refractivity (Wildman–Crippen MR) is 101 cm³/mol. The second kappa shape index (κ2) is 6.87. The number of fused-ring (bicyclic) bond motifs is 1. The van der Waals surface area contributed by atoms with Crippen LogP contribution in [0.4, 0.5) is 8.78 Å². The standard InChI is InChI=1S/C19H19F2N7O/c1-19(2,3)12-8-14-17(24-18(12)29-9-16-22-10-23-27(16)4)28(26-25-14)15-7-11(20)5-6-13(15)21/h5-8,10H,9H2,1-4H3. The third kappa shape index (κ3) is 3.53. The molecule has 4 aromatic rings. The fourth-order valence-electron chi connectivity index (χ4n) is 2.88. The highest BCUT2D eigenvalue weighted by molar-refractivity contribution is 5.74. The molecule has 0 amide bonds. The van der Waals surface area contributed by atoms with Crippen LogP contribution in [0.3, 0.4) is 0 Å². The van der Waals surface area contributed by atoms with E-state index in [-0.39, 0.29) is 23.4 Å². The molecule has 0 saturated carbocycles. The Balaban J connectivity index is 1.84. The molecule has 0 saturated heterocycles. The number of ether oxygens (including phenoxy) is 1. The summed E-state index contributed by atoms with van der Waals surface area (Å²) >= 11 is 0. The van der Waals surface area contributed by atoms with Gasteiger partial charge >= 0.3 is 0 Å². The van der Waals surface area contributed by atoms with Gasteiger partial charge in [-0.2, -0.15) is 14.8 Å². The molecule has 0 radical (unpaired) electrons. The van der Waals surface area contributed by atoms with Crippen LogP contribution in [0.15, 0.2) is 30.6 Å². The zero-order valence-corrected chi connectivity index (χ0v) is 16.4. The van der Waals surface area contributed by atoms with Gasteiger partial charge in [-0.25, -0.2) is 13.8 Å². The molecule has 3 aromatic heterocycles. The van der Waals surface area contributed by atoms with Crippen molar-refractivity contribution in [2.45, 2.75) is 32.8 Å². The van der Waals surface area contributed by atoms with Gasteiger partial charge < -0.3 is 4.74 Å². The Morgan fingerprint density at radius 2 is 1.93 bits per heavy atom. The first kappa shape index (κ1) is 18.9. The van der Waals surface area contributed by atoms with Gasteiger partial charge in [0.05, 0.1) is 0 Å². The fourth-order valence-corrected chi connectivity index (χ4v) is 2.88. The number of halogens is 2. The molecular formula is C19H19F2N7O. The van der Waals surface area contributed by atoms with Crippen molar-refractivity contribution in [3.8, 4) is 11.6 Å². The van der Waals surface area contributed by atoms with Crippen molar-refractivity contribution in [2.75, 3.05) is 0 Å². The van der Waals surface area contributed by atoms with Gasteiger partial charge in [-0.05, 0) is 23.6 Å². The van der Waals surface area contributed by atoms with Crippen molar-refractivity contribution in [3.05, 3.63) is 53.6 Å². The van der Waals surface area contributed by atoms with Crippen LogP contribution in [0, 0.1) is 11.6 Å². The third-order valence-electron chi connectivity index (χ3n) is 4.48. The molecule has 0 unspecified atom stereocenters. The van der Waals surface area contributed by atoms with Gasteiger partial charge in [0.25, 0.3) is 0 Å². The second-order valence-corrected chi connectivity index (χ2v) is 7.62. The van der Waals surface area contributed by atoms with Gasteiger partial charge in [0, 0.05) is 18.7 Å². The van der Waals surface area contributed by atoms with E-state index in [1.54, 1.807) is 17.8 Å². The van der Waals surface area contributed by atoms with Crippen LogP contribution in [-0.4, -0.2) is 34.7 Å². The van der Waals surface area contributed by atoms with Crippen molar-refractivity contribution >= 4 is 11.2 Å². The van der Waals surface area contributed by atoms with Crippen LogP contribution in [0.5, 0.6) is 5.88 Å². The maximum absolute atomic E-state index is 14.3. The summed E-state index contributed by atoms with van der Waals surface area (Å²) in [5, 5.41) is 12.1. The average Bonchev–Trinajstić information content (AvgIpc) is 3.26. The average molecular weight is 399 g/mol. The molecule has 0 bridgehead atoms. The maximum atomic E-state index is 14.3. The highest BCUT2D eigenvalue weighted by Crippen LogP contribution is 2.33. The Kier molecular flexibility index (Phi) is 4.48. The third-order valence-corrected chi connectivity index (χ3v) is 4.48. The molecule has 10 heteroatoms. The summed E-state index contributed by atoms with van der Waals surface area (Å²) < 4.78 is 36.6. The fraction of sp³-hybridized carbons (Fsp3) is 0.316. The number of aryl methyl sites for hydroxylation is 1. The Bertz CT molecular complexity index is 1190. The maximum Gasteiger partial charge on any atom is 0.219 e. The highest BCUT2D eigenvalue weighted by Gasteiger charge is 2.24. The lowest BCUT2D eigenvalue weighted by molar-refractivity contribution is 0.271. The van der Waals surface area contributed by atoms with Gasteiger partial charge in [-0.1, -0.05) is 26.0 Å². The molecule has 3 heterocycles. The number of nitrogens with zero attached hydrogens (tertiary/aromatic N) is 7. The molecule has 1 aromatic carbocycles. The second-order valence-electron chi connectivity index (χ2n) is 7.62. The molecular weight excluding hydrogens is 380 g/mol. The van der Waals surface area contributed by atoms with Crippen LogP contribution < -0.4 is 4.74 Å². The van der Waals surface area contributed by atoms with E-state index in [1.807, 2.05) is 20.8 Å². The summed E-state index contributed by atoms with van der Waals surface area (Å²) in [6.45, 7) is 6.19. The zero-order chi connectivity index (χ0) is 20.8. The Morgan fingerprint density at radius 3 is 2.62 bits per heavy atom. The number of hydrogen-bond donors (Lipinski definition) is 0. The molecule has 4 rings (SSSR count). The number of aromatic nitrogens is 7. The van der Waals surface area contributed by atoms with Crippen LogP contribution in [0.2, 0.25) is 0 Å². The predicted octanol–water partition coefficient (Wildman–Crippen LogP) is 3.10. The summed E-state index contributed by atoms with van der Waals surface area (Å²) in [6.07, 6.45) is 1.44. The molecule has 0 atom stereocenters. The Hall–Kier alpha value is -3.43. The van der Waals surface area contributed by atoms with E-state index in [1.165, 1.54) is 6.33 Å². The summed E-state index contributed by atoms with van der Waals surface area (Å²) in [5.41, 5.74) is 1.13. The summed E-state index contributed by atoms with van der Waals surface area (Å²) in [7, 11) is 1.76. The molecule has 150 valence electrons. The smallest absolute Gasteiger partial charge is 0.219 e. The first-order chi connectivity index (χ1) is 13.7. The minimum absolute atomic E-state index is 0.0808. The van der Waals surface area contributed by atoms with Crippen molar-refractivity contribution in [1.29, 1.82) is 0 Å². The van der Waals surface area contributed by atoms with Crippen molar-refractivity contribution in [1.82, 2.24) is 34.7 Å². The van der Waals surface area contributed by atoms with E-state index >= 15 is 0 Å². The minimum Gasteiger partial charge on any atom is -0.469 e. The lowest BCUT2D eigenvalue weighted by Gasteiger charge is -2.21. The van der Waals surface area contributed by atoms with Gasteiger partial charge in [0.2, 0.25) is 5.88 Å². The van der Waals surface area contributed by atoms with E-state index < -0.39 is 11.6 Å². The first-order valence-corrected chi connectivity index (χ1v) is 8.92. The molecule has 0 spiro atoms. The molecule has 0 aliphatic carbocycles. The van der Waals surface area contributed by atoms with Gasteiger partial charge in [0.15, 0.2) is 11.5 Å². The zero-order valence-electron chi connectivity index (χ0n) is 16.4. The van der Waals surface area contributed by atoms with Gasteiger partial charge in [-0.15, -0.1) is 5.10 Å². The molecule has 29 heavy (non-hydrogen) atoms. The van der Waals surface area contributed by atoms with E-state index in [2.05, 4.69) is 25.4 Å². The topological polar surface area (TPSA) is 83.5 Å². The van der Waals surface area contributed by atoms with E-state index in [0.717, 1.165) is 28.4 Å². The monoisotopic (exact) mass is 399 g/mol. The molecule has 0 fully saturated rings. The SMILES string of the molecule is Cn1ncnc1COc1nc2c(cc1C(C)(C)C)nnn2-c1cc(F)ccc1F. The van der Waals surface area contributed by atoms with E-state index in [0.29, 0.717) is 17.2 Å². The van der Waals surface area contributed by atoms with Crippen molar-refractivity contribution in [3.63, 3.8) is 0 Å². The van der Waals surface area contributed by atoms with Crippen LogP contribution in [0.25, 0.3) is 16.9 Å². The number of benzene rings is 1. The lowest BCUT2D eigenvalue weighted by atomic mass is 9.87. The summed E-state index contributed by atoms with van der Waals surface area (Å²) in [4.78, 5) is 8.69. The normalized spacial score (nSPS) is 11.9. The summed E-state index contributed by atoms with van der Waals surface area (Å²) in [5.74, 6) is -0.264. The van der Waals surface area contributed by atoms with Crippen LogP contribution >= 0.6 is 0 Å². The summed E-state index contributed by atoms with van der Waals surface area (Å²) in [6, 6.07) is 4.92. The van der Waals surface area contributed by atoms with Gasteiger partial charge in [-0.3, -0.25) is 4.68 Å². The minimum atomic E-state index is -0.638. The van der Waals surface area contributed by atoms with Crippen LogP contribution in [0.1, 0.15) is 32.2 Å². The molecule has 8 nitrogen and oxygen atoms in total. The molecule has 0 aliphatic heterocycles. The number of pyridine rings is 1. The van der Waals surface area contributed by atoms with Gasteiger partial charge in [0.1, 0.15) is 35.8 Å². The van der Waals surface area contributed by atoms with Crippen LogP contribution in [-0.2, 0) is 19.1 Å². The first-order valence-electron chi connectivity index (χ1n) is 8.92. The molecule has 0 aliphatic rings.